The first kappa shape index (κ1) is 35.6. The number of amides is 4. The second-order valence-corrected chi connectivity index (χ2v) is 15.8. The predicted octanol–water partition coefficient (Wildman–Crippen LogP) is 2.59. The highest BCUT2D eigenvalue weighted by molar-refractivity contribution is 7.91. The molecule has 2 unspecified atom stereocenters. The van der Waals surface area contributed by atoms with E-state index in [0.717, 1.165) is 19.3 Å². The van der Waals surface area contributed by atoms with Crippen molar-refractivity contribution in [1.82, 2.24) is 24.7 Å². The zero-order valence-electron chi connectivity index (χ0n) is 27.4. The van der Waals surface area contributed by atoms with Crippen molar-refractivity contribution in [2.45, 2.75) is 99.2 Å². The highest BCUT2D eigenvalue weighted by Crippen LogP contribution is 2.46. The Balaban J connectivity index is 1.23. The topological polar surface area (TPSA) is 163 Å². The second kappa shape index (κ2) is 14.5. The molecule has 49 heavy (non-hydrogen) atoms. The van der Waals surface area contributed by atoms with E-state index in [9.17, 15) is 32.0 Å². The van der Waals surface area contributed by atoms with E-state index in [-0.39, 0.29) is 44.8 Å². The smallest absolute Gasteiger partial charge is 0.410 e. The van der Waals surface area contributed by atoms with Crippen molar-refractivity contribution in [3.8, 4) is 0 Å². The Bertz CT molecular complexity index is 1610. The summed E-state index contributed by atoms with van der Waals surface area (Å²) in [5.41, 5.74) is -0.374. The molecule has 1 saturated heterocycles. The number of benzene rings is 1. The van der Waals surface area contributed by atoms with Crippen molar-refractivity contribution in [2.75, 3.05) is 26.8 Å². The van der Waals surface area contributed by atoms with Crippen LogP contribution in [0, 0.1) is 11.7 Å². The van der Waals surface area contributed by atoms with Crippen molar-refractivity contribution in [3.63, 3.8) is 0 Å². The first-order valence-corrected chi connectivity index (χ1v) is 18.9. The number of methoxy groups -OCH3 is 1. The molecule has 4 amide bonds. The molecule has 0 aromatic heterocycles. The van der Waals surface area contributed by atoms with E-state index < -0.39 is 74.8 Å². The molecule has 0 radical (unpaired) electrons. The third kappa shape index (κ3) is 7.45. The molecule has 6 atom stereocenters. The summed E-state index contributed by atoms with van der Waals surface area (Å²) in [6.45, 7) is 0.171. The van der Waals surface area contributed by atoms with Gasteiger partial charge in [-0.05, 0) is 73.9 Å². The van der Waals surface area contributed by atoms with Crippen molar-refractivity contribution in [1.29, 1.82) is 0 Å². The van der Waals surface area contributed by atoms with Crippen molar-refractivity contribution in [3.05, 3.63) is 47.3 Å². The molecule has 1 aromatic rings. The molecule has 3 heterocycles. The number of rotatable bonds is 7. The number of ether oxygens (including phenoxy) is 2. The van der Waals surface area contributed by atoms with Gasteiger partial charge in [0.15, 0.2) is 0 Å². The van der Waals surface area contributed by atoms with Crippen molar-refractivity contribution < 1.29 is 41.5 Å². The molecule has 3 N–H and O–H groups in total. The molecule has 6 rings (SSSR count). The van der Waals surface area contributed by atoms with E-state index in [0.29, 0.717) is 36.8 Å². The molecule has 16 heteroatoms. The summed E-state index contributed by atoms with van der Waals surface area (Å²) in [6.07, 6.45) is 7.00. The monoisotopic (exact) mass is 723 g/mol. The van der Waals surface area contributed by atoms with Crippen LogP contribution in [-0.2, 0) is 40.3 Å². The minimum atomic E-state index is -3.88. The van der Waals surface area contributed by atoms with Gasteiger partial charge in [0.25, 0.3) is 5.91 Å². The molecule has 0 spiro atoms. The lowest BCUT2D eigenvalue weighted by Gasteiger charge is -2.36. The number of carbonyl (C=O) groups excluding carboxylic acids is 4. The third-order valence-corrected chi connectivity index (χ3v) is 12.4. The fourth-order valence-electron chi connectivity index (χ4n) is 7.29. The fraction of sp³-hybridized carbons (Fsp3) is 0.636. The van der Waals surface area contributed by atoms with E-state index in [2.05, 4.69) is 14.9 Å². The molecule has 268 valence electrons. The summed E-state index contributed by atoms with van der Waals surface area (Å²) in [5, 5.41) is 2.17. The predicted molar refractivity (Wildman–Crippen MR) is 176 cm³/mol. The van der Waals surface area contributed by atoms with Gasteiger partial charge in [0.1, 0.15) is 29.5 Å². The molecule has 3 fully saturated rings. The van der Waals surface area contributed by atoms with Crippen LogP contribution in [0.2, 0.25) is 0 Å². The summed E-state index contributed by atoms with van der Waals surface area (Å²) in [4.78, 5) is 60.5. The number of sulfonamides is 1. The van der Waals surface area contributed by atoms with Crippen LogP contribution in [-0.4, -0.2) is 97.8 Å². The Morgan fingerprint density at radius 2 is 1.96 bits per heavy atom. The van der Waals surface area contributed by atoms with Crippen LogP contribution in [0.4, 0.5) is 9.18 Å². The molecule has 5 aliphatic rings. The molecule has 2 aliphatic carbocycles. The molecule has 0 bridgehead atoms. The highest BCUT2D eigenvalue weighted by Gasteiger charge is 2.62. The van der Waals surface area contributed by atoms with Gasteiger partial charge in [-0.3, -0.25) is 24.0 Å². The van der Waals surface area contributed by atoms with Crippen LogP contribution >= 0.6 is 11.8 Å². The maximum absolute atomic E-state index is 14.6. The molecular formula is C33H43ClFN5O8S. The van der Waals surface area contributed by atoms with Gasteiger partial charge in [0.2, 0.25) is 21.8 Å². The molecule has 13 nitrogen and oxygen atoms in total. The fourth-order valence-corrected chi connectivity index (χ4v) is 8.85. The van der Waals surface area contributed by atoms with Gasteiger partial charge < -0.3 is 19.7 Å². The van der Waals surface area contributed by atoms with Gasteiger partial charge in [0, 0.05) is 26.0 Å². The average molecular weight is 724 g/mol. The lowest BCUT2D eigenvalue weighted by molar-refractivity contribution is -0.141. The third-order valence-electron chi connectivity index (χ3n) is 10.3. The highest BCUT2D eigenvalue weighted by atomic mass is 35.5. The second-order valence-electron chi connectivity index (χ2n) is 13.6. The molecule has 1 aromatic carbocycles. The van der Waals surface area contributed by atoms with Crippen molar-refractivity contribution >= 4 is 45.6 Å². The van der Waals surface area contributed by atoms with Crippen LogP contribution < -0.4 is 14.9 Å². The van der Waals surface area contributed by atoms with Crippen LogP contribution in [0.1, 0.15) is 75.0 Å². The Morgan fingerprint density at radius 3 is 2.69 bits per heavy atom. The zero-order valence-corrected chi connectivity index (χ0v) is 28.9. The standard InChI is InChI=1S/C33H43ClFN5O8S/c1-47-19-28-24-9-7-10-25(35)23(24)14-15-39(28)32(44)48-21-16-27-29(41)36-33(31(43)38-49(45,46)22-12-13-22)17-20(33)8-5-3-2-4-6-11-26(37-34)30(42)40(27)18-21/h5,7-10,20-22,26-28,37H,2-4,6,11-19H2,1H3,(H,36,41)(H,38,43)/b8-5-/t20-,21-,26+,27?,28?,33-/m1/s1. The summed E-state index contributed by atoms with van der Waals surface area (Å²) in [7, 11) is -2.40. The Hall–Kier alpha value is -3.27. The number of nitrogens with one attached hydrogen (secondary N) is 3. The Morgan fingerprint density at radius 1 is 1.16 bits per heavy atom. The SMILES string of the molecule is COCC1c2cccc(F)c2CCN1C(=O)O[C@@H]1CC2C(=O)N[C@]3(C(=O)NS(=O)(=O)C4CC4)C[C@H]3/C=C\CCCCC[C@H](NCl)C(=O)N2C1. The van der Waals surface area contributed by atoms with Gasteiger partial charge in [-0.2, -0.15) is 0 Å². The average Bonchev–Trinajstić information content (AvgIpc) is 3.99. The maximum Gasteiger partial charge on any atom is 0.410 e. The lowest BCUT2D eigenvalue weighted by Crippen LogP contribution is -2.57. The number of nitrogens with zero attached hydrogens (tertiary/aromatic N) is 2. The number of hydrogen-bond donors (Lipinski definition) is 3. The number of halogens is 2. The quantitative estimate of drug-likeness (QED) is 0.284. The van der Waals surface area contributed by atoms with E-state index in [1.54, 1.807) is 12.1 Å². The van der Waals surface area contributed by atoms with Gasteiger partial charge in [-0.15, -0.1) is 0 Å². The summed E-state index contributed by atoms with van der Waals surface area (Å²) < 4.78 is 53.5. The van der Waals surface area contributed by atoms with Crippen molar-refractivity contribution in [2.24, 2.45) is 5.92 Å². The van der Waals surface area contributed by atoms with Crippen LogP contribution in [0.3, 0.4) is 0 Å². The van der Waals surface area contributed by atoms with Crippen LogP contribution in [0.5, 0.6) is 0 Å². The Labute approximate surface area is 290 Å². The zero-order chi connectivity index (χ0) is 34.9. The molecule has 3 aliphatic heterocycles. The first-order valence-electron chi connectivity index (χ1n) is 16.9. The number of hydrogen-bond acceptors (Lipinski definition) is 9. The van der Waals surface area contributed by atoms with E-state index in [4.69, 9.17) is 21.3 Å². The van der Waals surface area contributed by atoms with Gasteiger partial charge in [-0.1, -0.05) is 37.1 Å². The van der Waals surface area contributed by atoms with Gasteiger partial charge in [0.05, 0.1) is 24.4 Å². The number of fused-ring (bicyclic) bond motifs is 3. The van der Waals surface area contributed by atoms with E-state index >= 15 is 0 Å². The first-order chi connectivity index (χ1) is 23.5. The minimum absolute atomic E-state index is 0.0646. The molecule has 2 saturated carbocycles. The van der Waals surface area contributed by atoms with Gasteiger partial charge >= 0.3 is 6.09 Å². The van der Waals surface area contributed by atoms with E-state index in [1.807, 2.05) is 12.2 Å². The number of allylic oxidation sites excluding steroid dienone is 1. The Kier molecular flexibility index (Phi) is 10.5. The lowest BCUT2D eigenvalue weighted by atomic mass is 9.93. The summed E-state index contributed by atoms with van der Waals surface area (Å²) in [5.74, 6) is -2.72. The normalized spacial score (nSPS) is 31.3. The summed E-state index contributed by atoms with van der Waals surface area (Å²) >= 11 is 6.04. The van der Waals surface area contributed by atoms with Crippen LogP contribution in [0.15, 0.2) is 30.4 Å². The minimum Gasteiger partial charge on any atom is -0.444 e. The van der Waals surface area contributed by atoms with Gasteiger partial charge in [-0.25, -0.2) is 22.4 Å². The largest absolute Gasteiger partial charge is 0.444 e. The van der Waals surface area contributed by atoms with E-state index in [1.165, 1.54) is 23.0 Å². The maximum atomic E-state index is 14.6. The number of carbonyl (C=O) groups is 4. The molecular weight excluding hydrogens is 681 g/mol. The summed E-state index contributed by atoms with van der Waals surface area (Å²) in [6, 6.07) is 2.14. The van der Waals surface area contributed by atoms with Crippen LogP contribution in [0.25, 0.3) is 0 Å².